The number of hydrogen-bond donors (Lipinski definition) is 1. The van der Waals surface area contributed by atoms with Crippen molar-refractivity contribution in [1.29, 1.82) is 0 Å². The van der Waals surface area contributed by atoms with Crippen LogP contribution in [-0.2, 0) is 21.4 Å². The van der Waals surface area contributed by atoms with E-state index in [1.807, 2.05) is 12.1 Å². The number of nitrogens with two attached hydrogens (primary N) is 1. The molecule has 1 aromatic rings. The van der Waals surface area contributed by atoms with Gasteiger partial charge in [0.05, 0.1) is 8.85 Å². The van der Waals surface area contributed by atoms with E-state index in [9.17, 15) is 0 Å². The third kappa shape index (κ3) is 1.88. The number of nitrogens with zero attached hydrogens (tertiary/aromatic N) is 1. The molecule has 1 saturated carbocycles. The van der Waals surface area contributed by atoms with Gasteiger partial charge in [-0.25, -0.2) is 4.99 Å². The van der Waals surface area contributed by atoms with Gasteiger partial charge in [0.2, 0.25) is 0 Å². The lowest BCUT2D eigenvalue weighted by Crippen LogP contribution is -2.46. The van der Waals surface area contributed by atoms with Gasteiger partial charge in [-0.15, -0.1) is 0 Å². The second-order valence-electron chi connectivity index (χ2n) is 6.56. The van der Waals surface area contributed by atoms with Crippen LogP contribution in [0.15, 0.2) is 27.7 Å². The van der Waals surface area contributed by atoms with Gasteiger partial charge < -0.3 is 15.2 Å². The summed E-state index contributed by atoms with van der Waals surface area (Å²) in [6.07, 6.45) is 4.52. The Balaban J connectivity index is 1.90. The molecule has 118 valence electrons. The van der Waals surface area contributed by atoms with Gasteiger partial charge in [0.15, 0.2) is 0 Å². The molecule has 3 aliphatic rings. The third-order valence-corrected chi connectivity index (χ3v) is 6.06. The Morgan fingerprint density at radius 1 is 1.45 bits per heavy atom. The van der Waals surface area contributed by atoms with E-state index in [-0.39, 0.29) is 17.5 Å². The normalized spacial score (nSPS) is 40.1. The summed E-state index contributed by atoms with van der Waals surface area (Å²) in [4.78, 5) is 4.62. The van der Waals surface area contributed by atoms with Crippen molar-refractivity contribution in [2.45, 2.75) is 43.7 Å². The van der Waals surface area contributed by atoms with Crippen molar-refractivity contribution in [3.05, 3.63) is 33.8 Å². The van der Waals surface area contributed by atoms with Crippen molar-refractivity contribution in [2.75, 3.05) is 13.7 Å². The van der Waals surface area contributed by atoms with E-state index < -0.39 is 12.1 Å². The van der Waals surface area contributed by atoms with Crippen molar-refractivity contribution < 1.29 is 12.2 Å². The Kier molecular flexibility index (Phi) is 2.79. The first-order valence-electron chi connectivity index (χ1n) is 8.70. The van der Waals surface area contributed by atoms with Gasteiger partial charge >= 0.3 is 0 Å². The van der Waals surface area contributed by atoms with Crippen LogP contribution in [0.4, 0.5) is 0 Å². The highest BCUT2D eigenvalue weighted by Crippen LogP contribution is 2.61. The predicted octanol–water partition coefficient (Wildman–Crippen LogP) is 3.12. The number of aliphatic imine (C=N–C) groups is 1. The molecule has 1 aromatic carbocycles. The molecule has 0 radical (unpaired) electrons. The molecule has 0 amide bonds. The first-order valence-corrected chi connectivity index (χ1v) is 8.49. The molecule has 0 saturated heterocycles. The van der Waals surface area contributed by atoms with Crippen LogP contribution >= 0.6 is 15.9 Å². The summed E-state index contributed by atoms with van der Waals surface area (Å²) in [6, 6.07) is 6.00. The molecule has 22 heavy (non-hydrogen) atoms. The van der Waals surface area contributed by atoms with Crippen molar-refractivity contribution in [3.8, 4) is 0 Å². The Hall–Kier alpha value is -1.07. The zero-order valence-corrected chi connectivity index (χ0v) is 14.1. The van der Waals surface area contributed by atoms with Crippen molar-refractivity contribution in [3.63, 3.8) is 0 Å². The van der Waals surface area contributed by atoms with Gasteiger partial charge in [0.1, 0.15) is 12.1 Å². The summed E-state index contributed by atoms with van der Waals surface area (Å²) in [6.45, 7) is -1.96. The fourth-order valence-electron chi connectivity index (χ4n) is 4.42. The predicted molar refractivity (Wildman–Crippen MR) is 88.8 cm³/mol. The molecule has 0 unspecified atom stereocenters. The average molecular weight is 367 g/mol. The molecule has 0 bridgehead atoms. The van der Waals surface area contributed by atoms with Crippen molar-refractivity contribution >= 4 is 22.0 Å². The number of ether oxygens (including phenoxy) is 2. The van der Waals surface area contributed by atoms with Crippen molar-refractivity contribution in [1.82, 2.24) is 0 Å². The molecule has 1 aliphatic heterocycles. The molecular formula is C17H21BrN2O2. The zero-order valence-electron chi connectivity index (χ0n) is 14.6. The minimum absolute atomic E-state index is 0.0546. The monoisotopic (exact) mass is 366 g/mol. The summed E-state index contributed by atoms with van der Waals surface area (Å²) in [5.41, 5.74) is 6.49. The molecule has 1 heterocycles. The molecule has 2 spiro atoms. The molecule has 0 aromatic heterocycles. The number of hydrogen-bond acceptors (Lipinski definition) is 4. The minimum atomic E-state index is -1.96. The molecular weight excluding hydrogens is 344 g/mol. The second-order valence-corrected chi connectivity index (χ2v) is 7.47. The molecule has 4 rings (SSSR count). The molecule has 2 N–H and O–H groups in total. The highest BCUT2D eigenvalue weighted by atomic mass is 79.9. The van der Waals surface area contributed by atoms with Crippen LogP contribution in [0.25, 0.3) is 0 Å². The molecule has 1 fully saturated rings. The smallest absolute Gasteiger partial charge is 0.283 e. The quantitative estimate of drug-likeness (QED) is 0.830. The minimum Gasteiger partial charge on any atom is -0.462 e. The summed E-state index contributed by atoms with van der Waals surface area (Å²) < 4.78 is 29.1. The lowest BCUT2D eigenvalue weighted by atomic mass is 9.62. The summed E-state index contributed by atoms with van der Waals surface area (Å²) in [5, 5.41) is 0. The van der Waals surface area contributed by atoms with E-state index in [2.05, 4.69) is 27.0 Å². The molecule has 4 nitrogen and oxygen atoms in total. The van der Waals surface area contributed by atoms with Crippen molar-refractivity contribution in [2.24, 2.45) is 16.1 Å². The van der Waals surface area contributed by atoms with E-state index in [1.165, 1.54) is 0 Å². The van der Waals surface area contributed by atoms with Crippen LogP contribution in [0.3, 0.4) is 0 Å². The van der Waals surface area contributed by atoms with Gasteiger partial charge in [-0.1, -0.05) is 22.0 Å². The Bertz CT molecular complexity index is 717. The number of fused-ring (bicyclic) bond motifs is 3. The maximum atomic E-state index is 8.62. The number of rotatable bonds is 1. The number of benzene rings is 1. The first-order chi connectivity index (χ1) is 11.3. The number of halogens is 1. The highest BCUT2D eigenvalue weighted by molar-refractivity contribution is 9.10. The van der Waals surface area contributed by atoms with Gasteiger partial charge in [0, 0.05) is 17.0 Å². The van der Waals surface area contributed by atoms with Gasteiger partial charge in [-0.2, -0.15) is 0 Å². The second kappa shape index (κ2) is 4.96. The zero-order chi connectivity index (χ0) is 17.2. The van der Waals surface area contributed by atoms with E-state index in [4.69, 9.17) is 17.9 Å². The van der Waals surface area contributed by atoms with E-state index >= 15 is 0 Å². The Morgan fingerprint density at radius 2 is 2.23 bits per heavy atom. The first kappa shape index (κ1) is 12.4. The largest absolute Gasteiger partial charge is 0.462 e. The van der Waals surface area contributed by atoms with Crippen LogP contribution in [0, 0.1) is 5.41 Å². The van der Waals surface area contributed by atoms with Crippen LogP contribution < -0.4 is 5.73 Å². The SMILES string of the molecule is [2H]C1([2H])OC(N)=N[C@@]12c1cc(Br)ccc1CC21CCC(OC)CC1. The van der Waals surface area contributed by atoms with Gasteiger partial charge in [-0.3, -0.25) is 0 Å². The highest BCUT2D eigenvalue weighted by Gasteiger charge is 2.61. The third-order valence-electron chi connectivity index (χ3n) is 5.56. The number of methoxy groups -OCH3 is 1. The van der Waals surface area contributed by atoms with Crippen LogP contribution in [-0.4, -0.2) is 25.8 Å². The fraction of sp³-hybridized carbons (Fsp3) is 0.588. The summed E-state index contributed by atoms with van der Waals surface area (Å²) in [5.74, 6) is 0. The van der Waals surface area contributed by atoms with E-state index in [0.29, 0.717) is 0 Å². The standard InChI is InChI=1S/C17H21BrN2O2/c1-21-13-4-6-16(7-5-13)9-11-2-3-12(18)8-14(11)17(16)10-22-15(19)20-17/h2-3,8,13H,4-7,9-10H2,1H3,(H2,19,20)/t13?,16?,17-/m1/s1/i10D2. The maximum Gasteiger partial charge on any atom is 0.283 e. The Labute approximate surface area is 142 Å². The summed E-state index contributed by atoms with van der Waals surface area (Å²) >= 11 is 3.52. The molecule has 5 heteroatoms. The van der Waals surface area contributed by atoms with E-state index in [1.54, 1.807) is 7.11 Å². The lowest BCUT2D eigenvalue weighted by Gasteiger charge is -2.45. The molecule has 2 aliphatic carbocycles. The Morgan fingerprint density at radius 3 is 2.86 bits per heavy atom. The average Bonchev–Trinajstić information content (AvgIpc) is 2.93. The van der Waals surface area contributed by atoms with Crippen LogP contribution in [0.2, 0.25) is 0 Å². The molecule has 1 atom stereocenters. The topological polar surface area (TPSA) is 56.8 Å². The lowest BCUT2D eigenvalue weighted by molar-refractivity contribution is -0.00984. The summed E-state index contributed by atoms with van der Waals surface area (Å²) in [7, 11) is 1.74. The number of amidine groups is 1. The maximum absolute atomic E-state index is 8.62. The van der Waals surface area contributed by atoms with E-state index in [0.717, 1.165) is 47.7 Å². The fourth-order valence-corrected chi connectivity index (χ4v) is 4.78. The van der Waals surface area contributed by atoms with Crippen LogP contribution in [0.1, 0.15) is 39.6 Å². The van der Waals surface area contributed by atoms with Crippen LogP contribution in [0.5, 0.6) is 0 Å². The van der Waals surface area contributed by atoms with Gasteiger partial charge in [0.25, 0.3) is 6.02 Å². The van der Waals surface area contributed by atoms with Gasteiger partial charge in [-0.05, 0) is 55.4 Å².